The van der Waals surface area contributed by atoms with Gasteiger partial charge in [-0.3, -0.25) is 19.5 Å². The number of aryl methyl sites for hydroxylation is 1. The number of nitrogens with zero attached hydrogens (tertiary/aromatic N) is 3. The van der Waals surface area contributed by atoms with Gasteiger partial charge in [-0.15, -0.1) is 11.3 Å². The van der Waals surface area contributed by atoms with Crippen LogP contribution in [0.3, 0.4) is 0 Å². The summed E-state index contributed by atoms with van der Waals surface area (Å²) >= 11 is 1.42. The monoisotopic (exact) mass is 362 g/mol. The lowest BCUT2D eigenvalue weighted by Crippen LogP contribution is -2.19. The minimum absolute atomic E-state index is 0.147. The standard InChI is InChI=1S/C19H14N4O2S/c1-12-10-20-19(26-12)22-17(24)13-6-8-14(9-7-13)23-11-21-16-5-3-2-4-15(16)18(23)25/h2-11H,1H3,(H,20,22,24). The van der Waals surface area contributed by atoms with Crippen LogP contribution in [-0.4, -0.2) is 20.4 Å². The van der Waals surface area contributed by atoms with Gasteiger partial charge >= 0.3 is 0 Å². The van der Waals surface area contributed by atoms with Gasteiger partial charge in [0, 0.05) is 16.6 Å². The van der Waals surface area contributed by atoms with Crippen LogP contribution in [0, 0.1) is 6.92 Å². The number of nitrogens with one attached hydrogen (secondary N) is 1. The number of benzene rings is 2. The maximum atomic E-state index is 12.6. The molecule has 2 heterocycles. The molecule has 1 N–H and O–H groups in total. The second-order valence-corrected chi connectivity index (χ2v) is 6.95. The molecule has 0 aliphatic heterocycles. The number of hydrogen-bond acceptors (Lipinski definition) is 5. The predicted molar refractivity (Wildman–Crippen MR) is 102 cm³/mol. The van der Waals surface area contributed by atoms with E-state index in [4.69, 9.17) is 0 Å². The molecule has 26 heavy (non-hydrogen) atoms. The smallest absolute Gasteiger partial charge is 0.265 e. The molecular formula is C19H14N4O2S. The maximum absolute atomic E-state index is 12.6. The molecule has 0 bridgehead atoms. The molecular weight excluding hydrogens is 348 g/mol. The predicted octanol–water partition coefficient (Wildman–Crippen LogP) is 3.40. The zero-order valence-electron chi connectivity index (χ0n) is 13.8. The quantitative estimate of drug-likeness (QED) is 0.606. The minimum atomic E-state index is -0.241. The van der Waals surface area contributed by atoms with Crippen LogP contribution in [0.1, 0.15) is 15.2 Å². The molecule has 4 aromatic rings. The molecule has 6 nitrogen and oxygen atoms in total. The number of aromatic nitrogens is 3. The summed E-state index contributed by atoms with van der Waals surface area (Å²) in [4.78, 5) is 34.4. The van der Waals surface area contributed by atoms with Crippen molar-refractivity contribution in [3.8, 4) is 5.69 Å². The van der Waals surface area contributed by atoms with Crippen molar-refractivity contribution in [1.29, 1.82) is 0 Å². The van der Waals surface area contributed by atoms with Crippen molar-refractivity contribution in [3.63, 3.8) is 0 Å². The molecule has 0 aliphatic rings. The lowest BCUT2D eigenvalue weighted by atomic mass is 10.2. The van der Waals surface area contributed by atoms with Crippen molar-refractivity contribution >= 4 is 33.3 Å². The Hall–Kier alpha value is -3.32. The summed E-state index contributed by atoms with van der Waals surface area (Å²) in [5, 5.41) is 3.87. The summed E-state index contributed by atoms with van der Waals surface area (Å²) < 4.78 is 1.47. The van der Waals surface area contributed by atoms with Crippen LogP contribution in [0.15, 0.2) is 65.8 Å². The number of hydrogen-bond donors (Lipinski definition) is 1. The molecule has 0 saturated carbocycles. The average molecular weight is 362 g/mol. The minimum Gasteiger partial charge on any atom is -0.298 e. The van der Waals surface area contributed by atoms with E-state index in [9.17, 15) is 9.59 Å². The highest BCUT2D eigenvalue weighted by molar-refractivity contribution is 7.15. The van der Waals surface area contributed by atoms with Crippen molar-refractivity contribution in [1.82, 2.24) is 14.5 Å². The number of amides is 1. The lowest BCUT2D eigenvalue weighted by Gasteiger charge is -2.08. The summed E-state index contributed by atoms with van der Waals surface area (Å²) in [5.41, 5.74) is 1.65. The van der Waals surface area contributed by atoms with Crippen molar-refractivity contribution in [2.75, 3.05) is 5.32 Å². The largest absolute Gasteiger partial charge is 0.298 e. The zero-order valence-corrected chi connectivity index (χ0v) is 14.7. The molecule has 0 spiro atoms. The first-order valence-electron chi connectivity index (χ1n) is 7.92. The Bertz CT molecular complexity index is 1160. The lowest BCUT2D eigenvalue weighted by molar-refractivity contribution is 0.102. The van der Waals surface area contributed by atoms with Crippen molar-refractivity contribution in [2.45, 2.75) is 6.92 Å². The molecule has 0 unspecified atom stereocenters. The van der Waals surface area contributed by atoms with E-state index < -0.39 is 0 Å². The molecule has 7 heteroatoms. The molecule has 4 rings (SSSR count). The number of carbonyl (C=O) groups is 1. The van der Waals surface area contributed by atoms with E-state index in [0.717, 1.165) is 4.88 Å². The van der Waals surface area contributed by atoms with Crippen molar-refractivity contribution < 1.29 is 4.79 Å². The number of rotatable bonds is 3. The second-order valence-electron chi connectivity index (χ2n) is 5.71. The Balaban J connectivity index is 1.63. The van der Waals surface area contributed by atoms with E-state index in [1.54, 1.807) is 42.6 Å². The van der Waals surface area contributed by atoms with Crippen LogP contribution in [0.2, 0.25) is 0 Å². The first-order valence-corrected chi connectivity index (χ1v) is 8.74. The van der Waals surface area contributed by atoms with E-state index in [1.165, 1.54) is 22.2 Å². The van der Waals surface area contributed by atoms with Gasteiger partial charge in [-0.1, -0.05) is 12.1 Å². The second kappa shape index (κ2) is 6.53. The summed E-state index contributed by atoms with van der Waals surface area (Å²) in [6, 6.07) is 14.0. The third kappa shape index (κ3) is 3.00. The highest BCUT2D eigenvalue weighted by Crippen LogP contribution is 2.18. The van der Waals surface area contributed by atoms with Gasteiger partial charge < -0.3 is 0 Å². The molecule has 0 saturated heterocycles. The molecule has 0 atom stereocenters. The molecule has 0 radical (unpaired) electrons. The molecule has 2 aromatic carbocycles. The fraction of sp³-hybridized carbons (Fsp3) is 0.0526. The maximum Gasteiger partial charge on any atom is 0.265 e. The Morgan fingerprint density at radius 3 is 2.58 bits per heavy atom. The normalized spacial score (nSPS) is 10.8. The van der Waals surface area contributed by atoms with Crippen LogP contribution < -0.4 is 10.9 Å². The fourth-order valence-electron chi connectivity index (χ4n) is 2.61. The Kier molecular flexibility index (Phi) is 4.06. The third-order valence-corrected chi connectivity index (χ3v) is 4.74. The van der Waals surface area contributed by atoms with Crippen LogP contribution in [-0.2, 0) is 0 Å². The molecule has 1 amide bonds. The van der Waals surface area contributed by atoms with Gasteiger partial charge in [0.05, 0.1) is 16.6 Å². The van der Waals surface area contributed by atoms with Gasteiger partial charge in [-0.25, -0.2) is 9.97 Å². The van der Waals surface area contributed by atoms with E-state index in [-0.39, 0.29) is 11.5 Å². The van der Waals surface area contributed by atoms with E-state index in [2.05, 4.69) is 15.3 Å². The Morgan fingerprint density at radius 2 is 1.85 bits per heavy atom. The fourth-order valence-corrected chi connectivity index (χ4v) is 3.27. The van der Waals surface area contributed by atoms with Crippen LogP contribution in [0.25, 0.3) is 16.6 Å². The van der Waals surface area contributed by atoms with E-state index in [0.29, 0.717) is 27.3 Å². The zero-order chi connectivity index (χ0) is 18.1. The Labute approximate surface area is 152 Å². The molecule has 128 valence electrons. The highest BCUT2D eigenvalue weighted by Gasteiger charge is 2.10. The van der Waals surface area contributed by atoms with Gasteiger partial charge in [-0.2, -0.15) is 0 Å². The topological polar surface area (TPSA) is 76.9 Å². The number of anilines is 1. The first-order chi connectivity index (χ1) is 12.6. The SMILES string of the molecule is Cc1cnc(NC(=O)c2ccc(-n3cnc4ccccc4c3=O)cc2)s1. The summed E-state index contributed by atoms with van der Waals surface area (Å²) in [6.45, 7) is 1.93. The number of thiazole rings is 1. The van der Waals surface area contributed by atoms with Crippen LogP contribution >= 0.6 is 11.3 Å². The van der Waals surface area contributed by atoms with Crippen LogP contribution in [0.4, 0.5) is 5.13 Å². The molecule has 0 fully saturated rings. The average Bonchev–Trinajstić information content (AvgIpc) is 3.07. The van der Waals surface area contributed by atoms with Gasteiger partial charge in [-0.05, 0) is 43.3 Å². The third-order valence-electron chi connectivity index (χ3n) is 3.91. The van der Waals surface area contributed by atoms with E-state index in [1.807, 2.05) is 19.1 Å². The summed E-state index contributed by atoms with van der Waals surface area (Å²) in [5.74, 6) is -0.241. The Morgan fingerprint density at radius 1 is 1.08 bits per heavy atom. The molecule has 0 aliphatic carbocycles. The summed E-state index contributed by atoms with van der Waals surface area (Å²) in [7, 11) is 0. The van der Waals surface area contributed by atoms with Crippen molar-refractivity contribution in [2.24, 2.45) is 0 Å². The number of carbonyl (C=O) groups excluding carboxylic acids is 1. The highest BCUT2D eigenvalue weighted by atomic mass is 32.1. The van der Waals surface area contributed by atoms with Crippen molar-refractivity contribution in [3.05, 3.63) is 81.8 Å². The van der Waals surface area contributed by atoms with E-state index >= 15 is 0 Å². The van der Waals surface area contributed by atoms with Gasteiger partial charge in [0.15, 0.2) is 5.13 Å². The van der Waals surface area contributed by atoms with Gasteiger partial charge in [0.2, 0.25) is 0 Å². The number of para-hydroxylation sites is 1. The van der Waals surface area contributed by atoms with Gasteiger partial charge in [0.1, 0.15) is 6.33 Å². The first kappa shape index (κ1) is 16.2. The van der Waals surface area contributed by atoms with Gasteiger partial charge in [0.25, 0.3) is 11.5 Å². The summed E-state index contributed by atoms with van der Waals surface area (Å²) in [6.07, 6.45) is 3.21. The van der Waals surface area contributed by atoms with Crippen LogP contribution in [0.5, 0.6) is 0 Å². The number of fused-ring (bicyclic) bond motifs is 1. The molecule has 2 aromatic heterocycles.